The third-order valence-corrected chi connectivity index (χ3v) is 3.18. The molecule has 1 amide bonds. The average Bonchev–Trinajstić information content (AvgIpc) is 2.30. The van der Waals surface area contributed by atoms with Crippen molar-refractivity contribution in [2.45, 2.75) is 10.1 Å². The molecule has 98 valence electrons. The minimum absolute atomic E-state index is 0.264. The number of hydrogen-bond donors (Lipinski definition) is 4. The molecule has 8 N–H and O–H groups in total. The fourth-order valence-electron chi connectivity index (χ4n) is 1.38. The molecule has 7 nitrogen and oxygen atoms in total. The Hall–Kier alpha value is -2.48. The molecule has 0 atom stereocenters. The Morgan fingerprint density at radius 2 is 1.68 bits per heavy atom. The van der Waals surface area contributed by atoms with Gasteiger partial charge >= 0.3 is 0 Å². The zero-order valence-electron chi connectivity index (χ0n) is 9.83. The van der Waals surface area contributed by atoms with Gasteiger partial charge < -0.3 is 22.9 Å². The topological polar surface area (TPSA) is 147 Å². The number of nitrogens with zero attached hydrogens (tertiary/aromatic N) is 2. The van der Waals surface area contributed by atoms with Crippen LogP contribution in [0.3, 0.4) is 0 Å². The SMILES string of the molecule is NC(=O)c1ccc(N)c(Sc2nc(N)cc(N)n2)c1. The van der Waals surface area contributed by atoms with Crippen LogP contribution in [0.4, 0.5) is 17.3 Å². The highest BCUT2D eigenvalue weighted by molar-refractivity contribution is 7.99. The number of anilines is 3. The summed E-state index contributed by atoms with van der Waals surface area (Å²) in [6, 6.07) is 6.17. The van der Waals surface area contributed by atoms with Gasteiger partial charge in [0.15, 0.2) is 5.16 Å². The van der Waals surface area contributed by atoms with Crippen LogP contribution in [0.25, 0.3) is 0 Å². The minimum atomic E-state index is -0.533. The van der Waals surface area contributed by atoms with Crippen molar-refractivity contribution in [1.82, 2.24) is 9.97 Å². The second kappa shape index (κ2) is 5.02. The zero-order valence-corrected chi connectivity index (χ0v) is 10.6. The average molecular weight is 276 g/mol. The molecule has 0 fully saturated rings. The molecular formula is C11H12N6OS. The number of carbonyl (C=O) groups excluding carboxylic acids is 1. The third kappa shape index (κ3) is 3.05. The quantitative estimate of drug-likeness (QED) is 0.470. The van der Waals surface area contributed by atoms with Gasteiger partial charge in [-0.2, -0.15) is 0 Å². The molecule has 0 unspecified atom stereocenters. The molecule has 0 bridgehead atoms. The van der Waals surface area contributed by atoms with Crippen LogP contribution in [0.1, 0.15) is 10.4 Å². The lowest BCUT2D eigenvalue weighted by atomic mass is 10.2. The lowest BCUT2D eigenvalue weighted by molar-refractivity contribution is 0.1000. The predicted octanol–water partition coefficient (Wildman–Crippen LogP) is 0.473. The molecule has 0 saturated heterocycles. The summed E-state index contributed by atoms with van der Waals surface area (Å²) in [5.41, 5.74) is 23.0. The maximum atomic E-state index is 11.1. The number of nitrogens with two attached hydrogens (primary N) is 4. The van der Waals surface area contributed by atoms with Gasteiger partial charge in [0.25, 0.3) is 0 Å². The number of amides is 1. The predicted molar refractivity (Wildman–Crippen MR) is 74.4 cm³/mol. The van der Waals surface area contributed by atoms with Crippen molar-refractivity contribution in [2.75, 3.05) is 17.2 Å². The Bertz CT molecular complexity index is 625. The summed E-state index contributed by atoms with van der Waals surface area (Å²) in [7, 11) is 0. The molecule has 0 radical (unpaired) electrons. The van der Waals surface area contributed by atoms with E-state index < -0.39 is 5.91 Å². The molecule has 2 aromatic rings. The molecular weight excluding hydrogens is 264 g/mol. The maximum absolute atomic E-state index is 11.1. The molecule has 0 aliphatic carbocycles. The van der Waals surface area contributed by atoms with Gasteiger partial charge in [0.1, 0.15) is 11.6 Å². The molecule has 1 aromatic carbocycles. The number of carbonyl (C=O) groups is 1. The third-order valence-electron chi connectivity index (χ3n) is 2.24. The van der Waals surface area contributed by atoms with Crippen molar-refractivity contribution >= 4 is 35.0 Å². The van der Waals surface area contributed by atoms with Gasteiger partial charge in [-0.1, -0.05) is 0 Å². The van der Waals surface area contributed by atoms with E-state index in [1.165, 1.54) is 6.07 Å². The summed E-state index contributed by atoms with van der Waals surface area (Å²) in [5.74, 6) is -0.00545. The first kappa shape index (κ1) is 13.0. The van der Waals surface area contributed by atoms with Crippen LogP contribution in [-0.2, 0) is 0 Å². The summed E-state index contributed by atoms with van der Waals surface area (Å²) in [5, 5.41) is 0.353. The molecule has 1 aromatic heterocycles. The lowest BCUT2D eigenvalue weighted by Crippen LogP contribution is -2.11. The lowest BCUT2D eigenvalue weighted by Gasteiger charge is -2.06. The first-order valence-corrected chi connectivity index (χ1v) is 6.04. The van der Waals surface area contributed by atoms with Crippen LogP contribution in [0.2, 0.25) is 0 Å². The van der Waals surface area contributed by atoms with Crippen LogP contribution in [0, 0.1) is 0 Å². The maximum Gasteiger partial charge on any atom is 0.248 e. The van der Waals surface area contributed by atoms with Gasteiger partial charge in [0, 0.05) is 22.2 Å². The summed E-state index contributed by atoms with van der Waals surface area (Å²) >= 11 is 1.16. The fourth-order valence-corrected chi connectivity index (χ4v) is 2.25. The van der Waals surface area contributed by atoms with Gasteiger partial charge in [-0.15, -0.1) is 0 Å². The van der Waals surface area contributed by atoms with Crippen molar-refractivity contribution in [1.29, 1.82) is 0 Å². The molecule has 0 aliphatic rings. The van der Waals surface area contributed by atoms with Gasteiger partial charge in [0.05, 0.1) is 0 Å². The standard InChI is InChI=1S/C11H12N6OS/c12-6-2-1-5(10(15)18)3-7(6)19-11-16-8(13)4-9(14)17-11/h1-4H,12H2,(H2,15,18)(H4,13,14,16,17). The highest BCUT2D eigenvalue weighted by Crippen LogP contribution is 2.31. The van der Waals surface area contributed by atoms with Crippen molar-refractivity contribution in [3.63, 3.8) is 0 Å². The first-order chi connectivity index (χ1) is 8.95. The number of nitrogen functional groups attached to an aromatic ring is 3. The van der Waals surface area contributed by atoms with Crippen molar-refractivity contribution < 1.29 is 4.79 Å². The van der Waals surface area contributed by atoms with Crippen LogP contribution in [-0.4, -0.2) is 15.9 Å². The van der Waals surface area contributed by atoms with Crippen LogP contribution >= 0.6 is 11.8 Å². The highest BCUT2D eigenvalue weighted by Gasteiger charge is 2.09. The normalized spacial score (nSPS) is 10.3. The molecule has 8 heteroatoms. The van der Waals surface area contributed by atoms with Crippen LogP contribution < -0.4 is 22.9 Å². The molecule has 0 spiro atoms. The first-order valence-electron chi connectivity index (χ1n) is 5.23. The van der Waals surface area contributed by atoms with E-state index in [-0.39, 0.29) is 11.6 Å². The van der Waals surface area contributed by atoms with Crippen molar-refractivity contribution in [2.24, 2.45) is 5.73 Å². The van der Waals surface area contributed by atoms with E-state index in [9.17, 15) is 4.79 Å². The van der Waals surface area contributed by atoms with E-state index in [0.717, 1.165) is 11.8 Å². The van der Waals surface area contributed by atoms with Crippen LogP contribution in [0.5, 0.6) is 0 Å². The fraction of sp³-hybridized carbons (Fsp3) is 0. The van der Waals surface area contributed by atoms with Gasteiger partial charge in [0.2, 0.25) is 5.91 Å². The molecule has 19 heavy (non-hydrogen) atoms. The van der Waals surface area contributed by atoms with E-state index >= 15 is 0 Å². The van der Waals surface area contributed by atoms with Gasteiger partial charge in [-0.05, 0) is 30.0 Å². The Balaban J connectivity index is 2.37. The highest BCUT2D eigenvalue weighted by atomic mass is 32.2. The zero-order chi connectivity index (χ0) is 14.0. The summed E-state index contributed by atoms with van der Waals surface area (Å²) in [6.07, 6.45) is 0. The monoisotopic (exact) mass is 276 g/mol. The molecule has 2 rings (SSSR count). The van der Waals surface area contributed by atoms with Crippen LogP contribution in [0.15, 0.2) is 34.3 Å². The van der Waals surface area contributed by atoms with E-state index in [0.29, 0.717) is 21.3 Å². The Morgan fingerprint density at radius 3 is 2.26 bits per heavy atom. The smallest absolute Gasteiger partial charge is 0.248 e. The summed E-state index contributed by atoms with van der Waals surface area (Å²) in [6.45, 7) is 0. The van der Waals surface area contributed by atoms with E-state index in [4.69, 9.17) is 22.9 Å². The van der Waals surface area contributed by atoms with E-state index in [1.807, 2.05) is 0 Å². The van der Waals surface area contributed by atoms with Crippen molar-refractivity contribution in [3.05, 3.63) is 29.8 Å². The number of hydrogen-bond acceptors (Lipinski definition) is 7. The second-order valence-corrected chi connectivity index (χ2v) is 4.73. The Morgan fingerprint density at radius 1 is 1.05 bits per heavy atom. The minimum Gasteiger partial charge on any atom is -0.398 e. The Labute approximate surface area is 113 Å². The van der Waals surface area contributed by atoms with E-state index in [1.54, 1.807) is 18.2 Å². The van der Waals surface area contributed by atoms with Gasteiger partial charge in [-0.25, -0.2) is 9.97 Å². The number of rotatable bonds is 3. The number of aromatic nitrogens is 2. The van der Waals surface area contributed by atoms with Crippen molar-refractivity contribution in [3.8, 4) is 0 Å². The Kier molecular flexibility index (Phi) is 3.43. The summed E-state index contributed by atoms with van der Waals surface area (Å²) in [4.78, 5) is 19.8. The second-order valence-electron chi connectivity index (χ2n) is 3.72. The van der Waals surface area contributed by atoms with Gasteiger partial charge in [-0.3, -0.25) is 4.79 Å². The molecule has 0 aliphatic heterocycles. The largest absolute Gasteiger partial charge is 0.398 e. The molecule has 0 saturated carbocycles. The number of benzene rings is 1. The number of primary amides is 1. The summed E-state index contributed by atoms with van der Waals surface area (Å²) < 4.78 is 0. The van der Waals surface area contributed by atoms with E-state index in [2.05, 4.69) is 9.97 Å². The molecule has 1 heterocycles.